The van der Waals surface area contributed by atoms with Gasteiger partial charge in [0, 0.05) is 44.1 Å². The number of esters is 1. The number of hydrogen-bond donors (Lipinski definition) is 2. The second-order valence-corrected chi connectivity index (χ2v) is 14.9. The van der Waals surface area contributed by atoms with Crippen molar-refractivity contribution in [1.82, 2.24) is 4.98 Å². The molecule has 3 aromatic rings. The Labute approximate surface area is 330 Å². The Hall–Kier alpha value is -4.89. The second-order valence-electron chi connectivity index (χ2n) is 14.5. The highest BCUT2D eigenvalue weighted by molar-refractivity contribution is 6.34. The number of aromatic nitrogens is 1. The van der Waals surface area contributed by atoms with Gasteiger partial charge in [0.2, 0.25) is 5.91 Å². The minimum absolute atomic E-state index is 0.0416. The number of rotatable bonds is 4. The van der Waals surface area contributed by atoms with E-state index in [9.17, 15) is 29.6 Å². The normalized spacial score (nSPS) is 29.4. The lowest BCUT2D eigenvalue weighted by molar-refractivity contribution is -0.383. The summed E-state index contributed by atoms with van der Waals surface area (Å²) in [7, 11) is 3.06. The fourth-order valence-electron chi connectivity index (χ4n) is 7.58. The number of benzene rings is 2. The highest BCUT2D eigenvalue weighted by atomic mass is 35.5. The Morgan fingerprint density at radius 3 is 2.62 bits per heavy atom. The van der Waals surface area contributed by atoms with Gasteiger partial charge in [-0.25, -0.2) is 9.78 Å². The van der Waals surface area contributed by atoms with Crippen LogP contribution in [0.15, 0.2) is 66.4 Å². The van der Waals surface area contributed by atoms with Crippen LogP contribution in [-0.4, -0.2) is 82.8 Å². The number of epoxide rings is 1. The maximum atomic E-state index is 14.1. The summed E-state index contributed by atoms with van der Waals surface area (Å²) in [5.41, 5.74) is 0.329. The van der Waals surface area contributed by atoms with Gasteiger partial charge in [0.1, 0.15) is 35.0 Å². The molecule has 15 heteroatoms. The maximum absolute atomic E-state index is 14.1. The van der Waals surface area contributed by atoms with E-state index in [1.54, 1.807) is 45.2 Å². The van der Waals surface area contributed by atoms with Crippen LogP contribution in [0.2, 0.25) is 5.02 Å². The van der Waals surface area contributed by atoms with Crippen molar-refractivity contribution in [2.24, 2.45) is 5.92 Å². The summed E-state index contributed by atoms with van der Waals surface area (Å²) in [6, 6.07) is 9.56. The van der Waals surface area contributed by atoms with E-state index in [-0.39, 0.29) is 36.2 Å². The van der Waals surface area contributed by atoms with Crippen LogP contribution in [0, 0.1) is 23.0 Å². The van der Waals surface area contributed by atoms with Gasteiger partial charge in [-0.1, -0.05) is 62.2 Å². The molecular formula is C41H49ClN4O10. The molecule has 2 N–H and O–H groups in total. The Kier molecular flexibility index (Phi) is 12.9. The van der Waals surface area contributed by atoms with Crippen molar-refractivity contribution in [1.29, 1.82) is 0 Å². The number of methoxy groups -OCH3 is 1. The minimum atomic E-state index is -1.59. The van der Waals surface area contributed by atoms with Gasteiger partial charge in [0.05, 0.1) is 40.3 Å². The molecule has 2 fully saturated rings. The first kappa shape index (κ1) is 42.3. The van der Waals surface area contributed by atoms with Crippen molar-refractivity contribution < 1.29 is 43.4 Å². The first-order chi connectivity index (χ1) is 26.5. The number of pyridine rings is 1. The van der Waals surface area contributed by atoms with E-state index in [2.05, 4.69) is 10.3 Å². The monoisotopic (exact) mass is 792 g/mol. The molecule has 3 aliphatic heterocycles. The number of allylic oxidation sites excluding steroid dienone is 3. The molecule has 2 saturated heterocycles. The average Bonchev–Trinajstić information content (AvgIpc) is 3.86. The quantitative estimate of drug-likeness (QED) is 0.116. The number of aryl methyl sites for hydroxylation is 1. The van der Waals surface area contributed by atoms with E-state index < -0.39 is 64.4 Å². The molecule has 14 nitrogen and oxygen atoms in total. The first-order valence-electron chi connectivity index (χ1n) is 18.6. The van der Waals surface area contributed by atoms with Crippen molar-refractivity contribution in [2.75, 3.05) is 24.4 Å². The summed E-state index contributed by atoms with van der Waals surface area (Å²) in [6.07, 6.45) is 2.35. The number of amides is 2. The number of nitrogens with zero attached hydrogens (tertiary/aromatic N) is 3. The number of non-ortho nitro benzene ring substituents is 1. The molecule has 7 atom stereocenters. The standard InChI is InChI=1S/C39H43ClN4O10.C2H6/c1-21-9-7-11-30(51-6)39(48)19-29(52-33(46)20-39)23(3)36-38(4,54-36)31(18-32(45)43(5)28-17-24(15-21)16-22(2)34(28)40)53-37(47)42-26-12-13-27(44(49)50)35-25(26)10-8-14-41-35;1-2/h7-14,16-17,23,29-31,36,48H,15,18-20H2,1-6H3,(H,42,47);1-2H3/b11-7+,21-9+;/t23-,29+,30-,31+,36+,38+,39-;/m1./s1. The number of hydrogen-bond acceptors (Lipinski definition) is 11. The Bertz CT molecular complexity index is 2070. The van der Waals surface area contributed by atoms with Gasteiger partial charge in [-0.2, -0.15) is 0 Å². The second kappa shape index (κ2) is 17.1. The number of aliphatic hydroxyl groups is 1. The van der Waals surface area contributed by atoms with Gasteiger partial charge in [-0.3, -0.25) is 25.0 Å². The number of ether oxygens (including phenoxy) is 4. The lowest BCUT2D eigenvalue weighted by Gasteiger charge is -2.41. The predicted octanol–water partition coefficient (Wildman–Crippen LogP) is 7.41. The van der Waals surface area contributed by atoms with Crippen molar-refractivity contribution in [3.8, 4) is 0 Å². The number of nitro benzene ring substituents is 1. The van der Waals surface area contributed by atoms with Crippen LogP contribution in [-0.2, 0) is 35.0 Å². The molecule has 3 aliphatic rings. The highest BCUT2D eigenvalue weighted by Crippen LogP contribution is 2.49. The fourth-order valence-corrected chi connectivity index (χ4v) is 7.81. The van der Waals surface area contributed by atoms with Crippen LogP contribution >= 0.6 is 11.6 Å². The van der Waals surface area contributed by atoms with Crippen molar-refractivity contribution in [3.63, 3.8) is 0 Å². The summed E-state index contributed by atoms with van der Waals surface area (Å²) in [5.74, 6) is -1.54. The van der Waals surface area contributed by atoms with Gasteiger partial charge >= 0.3 is 12.1 Å². The molecule has 0 unspecified atom stereocenters. The molecular weight excluding hydrogens is 744 g/mol. The van der Waals surface area contributed by atoms with Crippen LogP contribution in [0.1, 0.15) is 65.0 Å². The zero-order valence-electron chi connectivity index (χ0n) is 32.8. The molecule has 4 heterocycles. The van der Waals surface area contributed by atoms with Crippen LogP contribution in [0.4, 0.5) is 21.9 Å². The molecule has 0 aliphatic carbocycles. The zero-order chi connectivity index (χ0) is 41.1. The average molecular weight is 793 g/mol. The maximum Gasteiger partial charge on any atom is 0.412 e. The summed E-state index contributed by atoms with van der Waals surface area (Å²) in [6.45, 7) is 11.3. The van der Waals surface area contributed by atoms with Crippen molar-refractivity contribution in [3.05, 3.63) is 92.7 Å². The number of fused-ring (bicyclic) bond motifs is 6. The Morgan fingerprint density at radius 1 is 1.20 bits per heavy atom. The molecule has 0 spiro atoms. The molecule has 0 saturated carbocycles. The van der Waals surface area contributed by atoms with Gasteiger partial charge < -0.3 is 29.0 Å². The summed E-state index contributed by atoms with van der Waals surface area (Å²) >= 11 is 6.77. The van der Waals surface area contributed by atoms with E-state index >= 15 is 0 Å². The number of carbonyl (C=O) groups is 3. The van der Waals surface area contributed by atoms with Gasteiger partial charge in [-0.05, 0) is 62.6 Å². The van der Waals surface area contributed by atoms with E-state index in [4.69, 9.17) is 30.5 Å². The molecule has 56 heavy (non-hydrogen) atoms. The topological polar surface area (TPSA) is 183 Å². The number of nitro groups is 1. The number of halogens is 1. The van der Waals surface area contributed by atoms with Crippen LogP contribution in [0.25, 0.3) is 10.9 Å². The van der Waals surface area contributed by atoms with Gasteiger partial charge in [-0.15, -0.1) is 0 Å². The number of carbonyl (C=O) groups excluding carboxylic acids is 3. The van der Waals surface area contributed by atoms with Crippen LogP contribution in [0.3, 0.4) is 0 Å². The highest BCUT2D eigenvalue weighted by Gasteiger charge is 2.64. The van der Waals surface area contributed by atoms with Gasteiger partial charge in [0.15, 0.2) is 0 Å². The third-order valence-corrected chi connectivity index (χ3v) is 11.1. The van der Waals surface area contributed by atoms with Crippen LogP contribution < -0.4 is 10.2 Å². The minimum Gasteiger partial charge on any atom is -0.462 e. The Balaban J connectivity index is 0.00000295. The van der Waals surface area contributed by atoms with E-state index in [0.717, 1.165) is 16.7 Å². The van der Waals surface area contributed by atoms with Gasteiger partial charge in [0.25, 0.3) is 5.69 Å². The number of nitrogens with one attached hydrogen (secondary N) is 1. The molecule has 4 bridgehead atoms. The molecule has 0 radical (unpaired) electrons. The fraction of sp³-hybridized carbons (Fsp3) is 0.463. The summed E-state index contributed by atoms with van der Waals surface area (Å²) in [5, 5.41) is 26.8. The third kappa shape index (κ3) is 8.73. The lowest BCUT2D eigenvalue weighted by atomic mass is 9.78. The largest absolute Gasteiger partial charge is 0.462 e. The zero-order valence-corrected chi connectivity index (χ0v) is 33.6. The Morgan fingerprint density at radius 2 is 1.93 bits per heavy atom. The summed E-state index contributed by atoms with van der Waals surface area (Å²) < 4.78 is 23.7. The molecule has 300 valence electrons. The third-order valence-electron chi connectivity index (χ3n) is 10.6. The summed E-state index contributed by atoms with van der Waals surface area (Å²) in [4.78, 5) is 57.4. The van der Waals surface area contributed by atoms with Crippen molar-refractivity contribution >= 4 is 57.5 Å². The smallest absolute Gasteiger partial charge is 0.412 e. The number of anilines is 2. The SMILES string of the molecule is CC.CO[C@@H]1/C=C/C=C(\C)Cc2cc(C)c(Cl)c(c2)N(C)C(=O)C[C@H](OC(=O)Nc2ccc([N+](=O)[O-])c3ncccc23)[C@]2(C)O[C@H]2[C@H](C)[C@@H]2C[C@@]1(O)CC(=O)O2. The predicted molar refractivity (Wildman–Crippen MR) is 212 cm³/mol. The van der Waals surface area contributed by atoms with E-state index in [1.807, 2.05) is 45.9 Å². The van der Waals surface area contributed by atoms with E-state index in [1.165, 1.54) is 30.3 Å². The molecule has 6 rings (SSSR count). The first-order valence-corrected chi connectivity index (χ1v) is 18.9. The molecule has 1 aromatic heterocycles. The van der Waals surface area contributed by atoms with Crippen LogP contribution in [0.5, 0.6) is 0 Å². The lowest BCUT2D eigenvalue weighted by Crippen LogP contribution is -2.53. The molecule has 2 aromatic carbocycles. The van der Waals surface area contributed by atoms with E-state index in [0.29, 0.717) is 22.5 Å². The van der Waals surface area contributed by atoms with Crippen molar-refractivity contribution in [2.45, 2.75) is 103 Å². The molecule has 2 amide bonds.